The van der Waals surface area contributed by atoms with Crippen LogP contribution in [0.4, 0.5) is 5.69 Å². The minimum Gasteiger partial charge on any atom is -0.370 e. The van der Waals surface area contributed by atoms with Gasteiger partial charge in [0.25, 0.3) is 0 Å². The lowest BCUT2D eigenvalue weighted by Gasteiger charge is -2.08. The van der Waals surface area contributed by atoms with Crippen LogP contribution in [0.1, 0.15) is 22.6 Å². The summed E-state index contributed by atoms with van der Waals surface area (Å²) in [5.74, 6) is 1.12. The molecule has 104 valence electrons. The van der Waals surface area contributed by atoms with Gasteiger partial charge in [-0.15, -0.1) is 0 Å². The van der Waals surface area contributed by atoms with Crippen LogP contribution in [-0.2, 0) is 6.54 Å². The number of aromatic nitrogens is 2. The highest BCUT2D eigenvalue weighted by molar-refractivity contribution is 5.92. The Morgan fingerprint density at radius 1 is 1.20 bits per heavy atom. The van der Waals surface area contributed by atoms with Gasteiger partial charge in [0, 0.05) is 11.9 Å². The van der Waals surface area contributed by atoms with Crippen LogP contribution in [0.3, 0.4) is 0 Å². The molecule has 0 bridgehead atoms. The predicted molar refractivity (Wildman–Crippen MR) is 81.6 cm³/mol. The van der Waals surface area contributed by atoms with E-state index < -0.39 is 0 Å². The molecule has 0 unspecified atom stereocenters. The van der Waals surface area contributed by atoms with Gasteiger partial charge in [0.15, 0.2) is 5.96 Å². The fourth-order valence-electron chi connectivity index (χ4n) is 1.99. The zero-order chi connectivity index (χ0) is 14.5. The first-order valence-electron chi connectivity index (χ1n) is 6.47. The molecule has 1 aromatic carbocycles. The summed E-state index contributed by atoms with van der Waals surface area (Å²) in [6.07, 6.45) is 1.72. The molecule has 0 saturated heterocycles. The molecule has 0 aliphatic rings. The van der Waals surface area contributed by atoms with Gasteiger partial charge in [-0.1, -0.05) is 6.07 Å². The number of anilines is 1. The summed E-state index contributed by atoms with van der Waals surface area (Å²) in [5, 5.41) is 3.09. The Kier molecular flexibility index (Phi) is 4.30. The highest BCUT2D eigenvalue weighted by atomic mass is 15.1. The van der Waals surface area contributed by atoms with Gasteiger partial charge in [0.05, 0.1) is 12.2 Å². The Hall–Kier alpha value is -2.43. The molecule has 0 saturated carbocycles. The average molecular weight is 269 g/mol. The van der Waals surface area contributed by atoms with Crippen molar-refractivity contribution in [1.29, 1.82) is 0 Å². The molecular formula is C15H19N5. The zero-order valence-corrected chi connectivity index (χ0v) is 12.0. The SMILES string of the molecule is Cc1cc(C)cc(NC(N)=NCc2ccnc(C)n2)c1. The summed E-state index contributed by atoms with van der Waals surface area (Å²) in [5.41, 5.74) is 10.1. The van der Waals surface area contributed by atoms with Crippen LogP contribution in [-0.4, -0.2) is 15.9 Å². The topological polar surface area (TPSA) is 76.2 Å². The number of hydrogen-bond acceptors (Lipinski definition) is 3. The molecule has 0 amide bonds. The van der Waals surface area contributed by atoms with Crippen molar-refractivity contribution in [1.82, 2.24) is 9.97 Å². The first-order valence-corrected chi connectivity index (χ1v) is 6.47. The van der Waals surface area contributed by atoms with Gasteiger partial charge in [-0.3, -0.25) is 0 Å². The molecule has 1 heterocycles. The fourth-order valence-corrected chi connectivity index (χ4v) is 1.99. The Labute approximate surface area is 119 Å². The van der Waals surface area contributed by atoms with Gasteiger partial charge in [-0.25, -0.2) is 15.0 Å². The molecule has 20 heavy (non-hydrogen) atoms. The maximum atomic E-state index is 5.89. The van der Waals surface area contributed by atoms with Crippen LogP contribution < -0.4 is 11.1 Å². The van der Waals surface area contributed by atoms with E-state index in [4.69, 9.17) is 5.73 Å². The van der Waals surface area contributed by atoms with E-state index in [2.05, 4.69) is 40.2 Å². The van der Waals surface area contributed by atoms with Crippen molar-refractivity contribution in [2.45, 2.75) is 27.3 Å². The minimum atomic E-state index is 0.381. The van der Waals surface area contributed by atoms with Crippen LogP contribution in [0.2, 0.25) is 0 Å². The zero-order valence-electron chi connectivity index (χ0n) is 12.0. The number of rotatable bonds is 3. The lowest BCUT2D eigenvalue weighted by molar-refractivity contribution is 0.924. The minimum absolute atomic E-state index is 0.381. The van der Waals surface area contributed by atoms with Crippen molar-refractivity contribution in [2.24, 2.45) is 10.7 Å². The van der Waals surface area contributed by atoms with E-state index in [0.29, 0.717) is 12.5 Å². The van der Waals surface area contributed by atoms with Crippen LogP contribution in [0.5, 0.6) is 0 Å². The molecule has 0 fully saturated rings. The Morgan fingerprint density at radius 2 is 1.90 bits per heavy atom. The number of nitrogens with zero attached hydrogens (tertiary/aromatic N) is 3. The second kappa shape index (κ2) is 6.14. The van der Waals surface area contributed by atoms with E-state index in [1.807, 2.05) is 25.1 Å². The van der Waals surface area contributed by atoms with E-state index >= 15 is 0 Å². The van der Waals surface area contributed by atoms with E-state index in [1.54, 1.807) is 6.20 Å². The molecule has 0 spiro atoms. The molecule has 0 atom stereocenters. The van der Waals surface area contributed by atoms with Crippen molar-refractivity contribution in [3.63, 3.8) is 0 Å². The van der Waals surface area contributed by atoms with Crippen molar-refractivity contribution in [3.05, 3.63) is 53.1 Å². The largest absolute Gasteiger partial charge is 0.370 e. The summed E-state index contributed by atoms with van der Waals surface area (Å²) in [6, 6.07) is 8.01. The normalized spacial score (nSPS) is 11.4. The molecule has 2 aromatic rings. The van der Waals surface area contributed by atoms with Crippen molar-refractivity contribution in [2.75, 3.05) is 5.32 Å². The third-order valence-electron chi connectivity index (χ3n) is 2.74. The second-order valence-corrected chi connectivity index (χ2v) is 4.80. The summed E-state index contributed by atoms with van der Waals surface area (Å²) in [6.45, 7) is 6.39. The third kappa shape index (κ3) is 4.05. The number of aliphatic imine (C=N–C) groups is 1. The molecule has 1 aromatic heterocycles. The van der Waals surface area contributed by atoms with Gasteiger partial charge in [0.2, 0.25) is 0 Å². The van der Waals surface area contributed by atoms with Gasteiger partial charge >= 0.3 is 0 Å². The van der Waals surface area contributed by atoms with E-state index in [-0.39, 0.29) is 0 Å². The Balaban J connectivity index is 2.04. The monoisotopic (exact) mass is 269 g/mol. The Bertz CT molecular complexity index is 614. The maximum Gasteiger partial charge on any atom is 0.193 e. The van der Waals surface area contributed by atoms with E-state index in [9.17, 15) is 0 Å². The maximum absolute atomic E-state index is 5.89. The summed E-state index contributed by atoms with van der Waals surface area (Å²) >= 11 is 0. The van der Waals surface area contributed by atoms with Gasteiger partial charge in [-0.2, -0.15) is 0 Å². The first kappa shape index (κ1) is 14.0. The van der Waals surface area contributed by atoms with Crippen molar-refractivity contribution in [3.8, 4) is 0 Å². The number of guanidine groups is 1. The summed E-state index contributed by atoms with van der Waals surface area (Å²) < 4.78 is 0. The van der Waals surface area contributed by atoms with Crippen LogP contribution in [0.25, 0.3) is 0 Å². The average Bonchev–Trinajstić information content (AvgIpc) is 2.35. The highest BCUT2D eigenvalue weighted by Crippen LogP contribution is 2.13. The number of nitrogens with one attached hydrogen (secondary N) is 1. The quantitative estimate of drug-likeness (QED) is 0.662. The number of benzene rings is 1. The molecule has 0 aliphatic heterocycles. The number of hydrogen-bond donors (Lipinski definition) is 2. The van der Waals surface area contributed by atoms with Crippen LogP contribution >= 0.6 is 0 Å². The summed E-state index contributed by atoms with van der Waals surface area (Å²) in [4.78, 5) is 12.6. The molecule has 3 N–H and O–H groups in total. The first-order chi connectivity index (χ1) is 9.52. The van der Waals surface area contributed by atoms with E-state index in [1.165, 1.54) is 11.1 Å². The van der Waals surface area contributed by atoms with Crippen LogP contribution in [0, 0.1) is 20.8 Å². The molecule has 0 radical (unpaired) electrons. The van der Waals surface area contributed by atoms with Gasteiger partial charge in [0.1, 0.15) is 5.82 Å². The standard InChI is InChI=1S/C15H19N5/c1-10-6-11(2)8-14(7-10)20-15(16)18-9-13-4-5-17-12(3)19-13/h4-8H,9H2,1-3H3,(H3,16,18,20). The molecule has 5 heteroatoms. The van der Waals surface area contributed by atoms with Crippen molar-refractivity contribution >= 4 is 11.6 Å². The lowest BCUT2D eigenvalue weighted by Crippen LogP contribution is -2.22. The van der Waals surface area contributed by atoms with Gasteiger partial charge < -0.3 is 11.1 Å². The molecular weight excluding hydrogens is 250 g/mol. The predicted octanol–water partition coefficient (Wildman–Crippen LogP) is 2.33. The third-order valence-corrected chi connectivity index (χ3v) is 2.74. The summed E-state index contributed by atoms with van der Waals surface area (Å²) in [7, 11) is 0. The molecule has 0 aliphatic carbocycles. The lowest BCUT2D eigenvalue weighted by atomic mass is 10.1. The Morgan fingerprint density at radius 3 is 2.55 bits per heavy atom. The van der Waals surface area contributed by atoms with Crippen molar-refractivity contribution < 1.29 is 0 Å². The molecule has 5 nitrogen and oxygen atoms in total. The fraction of sp³-hybridized carbons (Fsp3) is 0.267. The van der Waals surface area contributed by atoms with E-state index in [0.717, 1.165) is 17.2 Å². The number of aryl methyl sites for hydroxylation is 3. The molecule has 2 rings (SSSR count). The smallest absolute Gasteiger partial charge is 0.193 e. The van der Waals surface area contributed by atoms with Gasteiger partial charge in [-0.05, 0) is 50.1 Å². The second-order valence-electron chi connectivity index (χ2n) is 4.80. The number of nitrogens with two attached hydrogens (primary N) is 1. The highest BCUT2D eigenvalue weighted by Gasteiger charge is 1.99. The van der Waals surface area contributed by atoms with Crippen LogP contribution in [0.15, 0.2) is 35.5 Å².